The van der Waals surface area contributed by atoms with Gasteiger partial charge in [0.1, 0.15) is 6.73 Å². The summed E-state index contributed by atoms with van der Waals surface area (Å²) in [6.45, 7) is 17.6. The fourth-order valence-electron chi connectivity index (χ4n) is 1.68. The van der Waals surface area contributed by atoms with E-state index in [2.05, 4.69) is 36.0 Å². The third-order valence-electron chi connectivity index (χ3n) is 2.64. The van der Waals surface area contributed by atoms with Gasteiger partial charge >= 0.3 is 6.18 Å². The monoisotopic (exact) mass is 358 g/mol. The van der Waals surface area contributed by atoms with Gasteiger partial charge in [0, 0.05) is 13.3 Å². The molecule has 0 saturated heterocycles. The molecule has 1 aromatic heterocycles. The number of rotatable bonds is 5. The third kappa shape index (κ3) is 11.2. The summed E-state index contributed by atoms with van der Waals surface area (Å²) >= 11 is 0. The fraction of sp³-hybridized carbons (Fsp3) is 0.421. The van der Waals surface area contributed by atoms with E-state index in [0.29, 0.717) is 0 Å². The van der Waals surface area contributed by atoms with Crippen LogP contribution in [0, 0.1) is 0 Å². The second-order valence-electron chi connectivity index (χ2n) is 4.78. The predicted octanol–water partition coefficient (Wildman–Crippen LogP) is 6.17. The van der Waals surface area contributed by atoms with Crippen molar-refractivity contribution in [3.8, 4) is 0 Å². The third-order valence-corrected chi connectivity index (χ3v) is 2.64. The van der Waals surface area contributed by atoms with Gasteiger partial charge in [-0.05, 0) is 38.0 Å². The van der Waals surface area contributed by atoms with Gasteiger partial charge < -0.3 is 4.74 Å². The Labute approximate surface area is 149 Å². The van der Waals surface area contributed by atoms with Gasteiger partial charge in [-0.25, -0.2) is 4.68 Å². The van der Waals surface area contributed by atoms with Crippen LogP contribution >= 0.6 is 0 Å². The standard InChI is InChI=1S/C11H16.C6H7F3N2O.C2H6/c1-6-11(7-2)10(5)8-9(3)4;1-12-4-11-3-2-5(10-11)6(7,8)9;1-2/h6-8H,1,3H2,2,4-5H3;2-3H,4H2,1H3;1-2H3/b10-8-,11-7-;;. The van der Waals surface area contributed by atoms with Crippen LogP contribution in [-0.2, 0) is 17.6 Å². The van der Waals surface area contributed by atoms with Crippen LogP contribution in [-0.4, -0.2) is 16.9 Å². The lowest BCUT2D eigenvalue weighted by atomic mass is 10.1. The van der Waals surface area contributed by atoms with Crippen molar-refractivity contribution in [3.05, 3.63) is 66.1 Å². The summed E-state index contributed by atoms with van der Waals surface area (Å²) in [5.74, 6) is 0. The Hall–Kier alpha value is -2.08. The number of ether oxygens (including phenoxy) is 1. The maximum absolute atomic E-state index is 11.9. The first-order valence-corrected chi connectivity index (χ1v) is 7.88. The number of hydrogen-bond donors (Lipinski definition) is 0. The first kappa shape index (κ1) is 25.2. The minimum absolute atomic E-state index is 0.0239. The number of methoxy groups -OCH3 is 1. The van der Waals surface area contributed by atoms with Crippen molar-refractivity contribution in [1.82, 2.24) is 9.78 Å². The Morgan fingerprint density at radius 2 is 1.88 bits per heavy atom. The number of hydrogen-bond acceptors (Lipinski definition) is 2. The first-order valence-electron chi connectivity index (χ1n) is 7.88. The van der Waals surface area contributed by atoms with E-state index in [9.17, 15) is 13.2 Å². The molecular weight excluding hydrogens is 329 g/mol. The molecule has 0 aromatic carbocycles. The van der Waals surface area contributed by atoms with Crippen molar-refractivity contribution >= 4 is 0 Å². The zero-order chi connectivity index (χ0) is 20.0. The molecule has 0 aliphatic rings. The Balaban J connectivity index is 0. The summed E-state index contributed by atoms with van der Waals surface area (Å²) in [6.07, 6.45) is 2.79. The molecule has 1 aromatic rings. The molecule has 0 fully saturated rings. The van der Waals surface area contributed by atoms with Crippen molar-refractivity contribution in [3.63, 3.8) is 0 Å². The highest BCUT2D eigenvalue weighted by molar-refractivity contribution is 5.40. The first-order chi connectivity index (χ1) is 11.6. The molecule has 0 spiro atoms. The van der Waals surface area contributed by atoms with E-state index in [1.807, 2.05) is 39.8 Å². The van der Waals surface area contributed by atoms with Crippen LogP contribution in [0.3, 0.4) is 0 Å². The Morgan fingerprint density at radius 3 is 2.20 bits per heavy atom. The van der Waals surface area contributed by atoms with Crippen LogP contribution in [0.2, 0.25) is 0 Å². The van der Waals surface area contributed by atoms with Crippen LogP contribution in [0.25, 0.3) is 0 Å². The normalized spacial score (nSPS) is 11.7. The van der Waals surface area contributed by atoms with Gasteiger partial charge in [-0.15, -0.1) is 0 Å². The molecule has 0 bridgehead atoms. The number of allylic oxidation sites excluding steroid dienone is 6. The molecule has 0 atom stereocenters. The lowest BCUT2D eigenvalue weighted by molar-refractivity contribution is -0.141. The van der Waals surface area contributed by atoms with E-state index in [0.717, 1.165) is 16.3 Å². The van der Waals surface area contributed by atoms with Crippen molar-refractivity contribution in [2.45, 2.75) is 47.5 Å². The molecule has 0 N–H and O–H groups in total. The molecule has 0 saturated carbocycles. The van der Waals surface area contributed by atoms with Gasteiger partial charge in [-0.3, -0.25) is 0 Å². The van der Waals surface area contributed by atoms with E-state index in [1.54, 1.807) is 0 Å². The van der Waals surface area contributed by atoms with Gasteiger partial charge in [-0.1, -0.05) is 50.8 Å². The van der Waals surface area contributed by atoms with E-state index < -0.39 is 11.9 Å². The summed E-state index contributed by atoms with van der Waals surface area (Å²) in [7, 11) is 1.38. The molecule has 0 radical (unpaired) electrons. The highest BCUT2D eigenvalue weighted by Gasteiger charge is 2.33. The molecule has 25 heavy (non-hydrogen) atoms. The molecule has 142 valence electrons. The summed E-state index contributed by atoms with van der Waals surface area (Å²) in [5, 5.41) is 3.24. The van der Waals surface area contributed by atoms with Crippen molar-refractivity contribution < 1.29 is 17.9 Å². The number of alkyl halides is 3. The number of halogens is 3. The van der Waals surface area contributed by atoms with Crippen LogP contribution < -0.4 is 0 Å². The van der Waals surface area contributed by atoms with E-state index >= 15 is 0 Å². The Kier molecular flexibility index (Phi) is 13.3. The molecule has 0 aliphatic heterocycles. The molecule has 0 aliphatic carbocycles. The van der Waals surface area contributed by atoms with Gasteiger partial charge in [0.15, 0.2) is 5.69 Å². The summed E-state index contributed by atoms with van der Waals surface area (Å²) < 4.78 is 41.4. The molecule has 6 heteroatoms. The molecule has 1 rings (SSSR count). The van der Waals surface area contributed by atoms with E-state index in [-0.39, 0.29) is 6.73 Å². The summed E-state index contributed by atoms with van der Waals surface area (Å²) in [6, 6.07) is 0.902. The maximum Gasteiger partial charge on any atom is 0.435 e. The van der Waals surface area contributed by atoms with Gasteiger partial charge in [0.05, 0.1) is 0 Å². The zero-order valence-electron chi connectivity index (χ0n) is 15.9. The van der Waals surface area contributed by atoms with Gasteiger partial charge in [0.2, 0.25) is 0 Å². The molecule has 0 amide bonds. The predicted molar refractivity (Wildman–Crippen MR) is 98.1 cm³/mol. The smallest absolute Gasteiger partial charge is 0.362 e. The minimum atomic E-state index is -4.38. The summed E-state index contributed by atoms with van der Waals surface area (Å²) in [5.41, 5.74) is 2.56. The molecule has 3 nitrogen and oxygen atoms in total. The van der Waals surface area contributed by atoms with Crippen LogP contribution in [0.4, 0.5) is 13.2 Å². The number of nitrogens with zero attached hydrogens (tertiary/aromatic N) is 2. The quantitative estimate of drug-likeness (QED) is 0.588. The SMILES string of the molecule is C=CC(=C/C)/C(C)=C\C(=C)C.CC.COCn1ccc(C(F)(F)F)n1. The lowest BCUT2D eigenvalue weighted by Gasteiger charge is -2.01. The van der Waals surface area contributed by atoms with E-state index in [4.69, 9.17) is 0 Å². The largest absolute Gasteiger partial charge is 0.435 e. The van der Waals surface area contributed by atoms with Crippen molar-refractivity contribution in [1.29, 1.82) is 0 Å². The van der Waals surface area contributed by atoms with Crippen LogP contribution in [0.15, 0.2) is 60.4 Å². The topological polar surface area (TPSA) is 27.1 Å². The highest BCUT2D eigenvalue weighted by atomic mass is 19.4. The minimum Gasteiger partial charge on any atom is -0.362 e. The average Bonchev–Trinajstić information content (AvgIpc) is 3.00. The summed E-state index contributed by atoms with van der Waals surface area (Å²) in [4.78, 5) is 0. The van der Waals surface area contributed by atoms with Gasteiger partial charge in [0.25, 0.3) is 0 Å². The Bertz CT molecular complexity index is 582. The average molecular weight is 358 g/mol. The maximum atomic E-state index is 11.9. The van der Waals surface area contributed by atoms with Crippen LogP contribution in [0.1, 0.15) is 40.3 Å². The van der Waals surface area contributed by atoms with Crippen LogP contribution in [0.5, 0.6) is 0 Å². The zero-order valence-corrected chi connectivity index (χ0v) is 15.9. The molecule has 1 heterocycles. The fourth-order valence-corrected chi connectivity index (χ4v) is 1.68. The lowest BCUT2D eigenvalue weighted by Crippen LogP contribution is -2.08. The second-order valence-corrected chi connectivity index (χ2v) is 4.78. The van der Waals surface area contributed by atoms with E-state index in [1.165, 1.54) is 24.5 Å². The second kappa shape index (κ2) is 13.2. The number of aromatic nitrogens is 2. The molecular formula is C19H29F3N2O. The Morgan fingerprint density at radius 1 is 1.32 bits per heavy atom. The molecule has 0 unspecified atom stereocenters. The van der Waals surface area contributed by atoms with Crippen molar-refractivity contribution in [2.75, 3.05) is 7.11 Å². The highest BCUT2D eigenvalue weighted by Crippen LogP contribution is 2.27. The van der Waals surface area contributed by atoms with Crippen molar-refractivity contribution in [2.24, 2.45) is 0 Å². The van der Waals surface area contributed by atoms with Gasteiger partial charge in [-0.2, -0.15) is 18.3 Å².